The Balaban J connectivity index is 1.73. The SMILES string of the molecule is c1cc(N2CCCNC3(CCCC3)C2)c2cccnc2c1. The van der Waals surface area contributed by atoms with E-state index in [9.17, 15) is 0 Å². The fraction of sp³-hybridized carbons (Fsp3) is 0.500. The highest BCUT2D eigenvalue weighted by atomic mass is 15.2. The second-order valence-corrected chi connectivity index (χ2v) is 6.54. The molecule has 0 unspecified atom stereocenters. The van der Waals surface area contributed by atoms with E-state index in [1.165, 1.54) is 43.2 Å². The van der Waals surface area contributed by atoms with Crippen molar-refractivity contribution < 1.29 is 0 Å². The summed E-state index contributed by atoms with van der Waals surface area (Å²) in [6, 6.07) is 10.8. The molecule has 3 heteroatoms. The first-order valence-electron chi connectivity index (χ1n) is 8.20. The quantitative estimate of drug-likeness (QED) is 0.869. The van der Waals surface area contributed by atoms with Crippen molar-refractivity contribution in [1.29, 1.82) is 0 Å². The highest BCUT2D eigenvalue weighted by molar-refractivity contribution is 5.91. The second-order valence-electron chi connectivity index (χ2n) is 6.54. The lowest BCUT2D eigenvalue weighted by molar-refractivity contribution is 0.355. The van der Waals surface area contributed by atoms with E-state index in [2.05, 4.69) is 39.5 Å². The van der Waals surface area contributed by atoms with Crippen LogP contribution in [0.15, 0.2) is 36.5 Å². The molecule has 2 heterocycles. The van der Waals surface area contributed by atoms with Crippen LogP contribution in [0.3, 0.4) is 0 Å². The summed E-state index contributed by atoms with van der Waals surface area (Å²) < 4.78 is 0. The average Bonchev–Trinajstić information content (AvgIpc) is 2.87. The minimum atomic E-state index is 0.348. The molecule has 1 aromatic heterocycles. The Bertz CT molecular complexity index is 626. The van der Waals surface area contributed by atoms with Gasteiger partial charge >= 0.3 is 0 Å². The predicted molar refractivity (Wildman–Crippen MR) is 87.8 cm³/mol. The maximum absolute atomic E-state index is 4.51. The number of nitrogens with one attached hydrogen (secondary N) is 1. The number of rotatable bonds is 1. The zero-order valence-corrected chi connectivity index (χ0v) is 12.5. The molecule has 1 aromatic carbocycles. The summed E-state index contributed by atoms with van der Waals surface area (Å²) in [4.78, 5) is 7.10. The third kappa shape index (κ3) is 2.40. The smallest absolute Gasteiger partial charge is 0.0722 e. The Morgan fingerprint density at radius 3 is 2.86 bits per heavy atom. The van der Waals surface area contributed by atoms with Crippen molar-refractivity contribution in [2.24, 2.45) is 0 Å². The lowest BCUT2D eigenvalue weighted by atomic mass is 9.96. The fourth-order valence-corrected chi connectivity index (χ4v) is 4.08. The van der Waals surface area contributed by atoms with Crippen molar-refractivity contribution in [2.45, 2.75) is 37.6 Å². The van der Waals surface area contributed by atoms with E-state index in [4.69, 9.17) is 0 Å². The fourth-order valence-electron chi connectivity index (χ4n) is 4.08. The molecule has 1 spiro atoms. The second kappa shape index (κ2) is 5.30. The highest BCUT2D eigenvalue weighted by Crippen LogP contribution is 2.35. The first-order valence-corrected chi connectivity index (χ1v) is 8.20. The lowest BCUT2D eigenvalue weighted by Crippen LogP contribution is -2.49. The Morgan fingerprint density at radius 2 is 1.95 bits per heavy atom. The van der Waals surface area contributed by atoms with E-state index < -0.39 is 0 Å². The molecule has 2 aliphatic rings. The van der Waals surface area contributed by atoms with Crippen LogP contribution in [0.2, 0.25) is 0 Å². The van der Waals surface area contributed by atoms with Gasteiger partial charge in [-0.25, -0.2) is 0 Å². The van der Waals surface area contributed by atoms with E-state index >= 15 is 0 Å². The molecule has 1 aliphatic carbocycles. The van der Waals surface area contributed by atoms with Gasteiger partial charge in [0.25, 0.3) is 0 Å². The van der Waals surface area contributed by atoms with Crippen LogP contribution in [0, 0.1) is 0 Å². The Morgan fingerprint density at radius 1 is 1.05 bits per heavy atom. The Hall–Kier alpha value is -1.61. The van der Waals surface area contributed by atoms with E-state index in [1.54, 1.807) is 0 Å². The Kier molecular flexibility index (Phi) is 3.30. The monoisotopic (exact) mass is 281 g/mol. The van der Waals surface area contributed by atoms with Crippen LogP contribution in [0.4, 0.5) is 5.69 Å². The number of fused-ring (bicyclic) bond motifs is 1. The molecule has 110 valence electrons. The first-order chi connectivity index (χ1) is 10.4. The molecule has 2 aromatic rings. The minimum Gasteiger partial charge on any atom is -0.369 e. The van der Waals surface area contributed by atoms with Crippen LogP contribution in [-0.4, -0.2) is 30.2 Å². The van der Waals surface area contributed by atoms with E-state index in [-0.39, 0.29) is 0 Å². The number of aromatic nitrogens is 1. The third-order valence-corrected chi connectivity index (χ3v) is 5.12. The van der Waals surface area contributed by atoms with Gasteiger partial charge in [0.05, 0.1) is 5.52 Å². The van der Waals surface area contributed by atoms with Crippen LogP contribution < -0.4 is 10.2 Å². The minimum absolute atomic E-state index is 0.348. The summed E-state index contributed by atoms with van der Waals surface area (Å²) in [5.74, 6) is 0. The molecular weight excluding hydrogens is 258 g/mol. The van der Waals surface area contributed by atoms with Crippen molar-refractivity contribution in [2.75, 3.05) is 24.5 Å². The molecule has 0 bridgehead atoms. The van der Waals surface area contributed by atoms with Crippen LogP contribution >= 0.6 is 0 Å². The van der Waals surface area contributed by atoms with E-state index in [1.807, 2.05) is 12.3 Å². The molecule has 3 nitrogen and oxygen atoms in total. The van der Waals surface area contributed by atoms with Crippen molar-refractivity contribution in [3.63, 3.8) is 0 Å². The van der Waals surface area contributed by atoms with Gasteiger partial charge in [-0.3, -0.25) is 4.98 Å². The van der Waals surface area contributed by atoms with Crippen molar-refractivity contribution in [3.05, 3.63) is 36.5 Å². The average molecular weight is 281 g/mol. The molecular formula is C18H23N3. The van der Waals surface area contributed by atoms with Crippen LogP contribution in [-0.2, 0) is 0 Å². The standard InChI is InChI=1S/C18H23N3/c1-2-10-18(9-1)14-21(13-5-12-20-18)17-8-3-7-16-15(17)6-4-11-19-16/h3-4,6-8,11,20H,1-2,5,9-10,12-14H2. The van der Waals surface area contributed by atoms with Gasteiger partial charge in [-0.15, -0.1) is 0 Å². The number of hydrogen-bond donors (Lipinski definition) is 1. The Labute approximate surface area is 126 Å². The predicted octanol–water partition coefficient (Wildman–Crippen LogP) is 3.35. The first kappa shape index (κ1) is 13.1. The molecule has 1 saturated heterocycles. The molecule has 2 fully saturated rings. The van der Waals surface area contributed by atoms with Gasteiger partial charge in [0, 0.05) is 35.9 Å². The number of benzene rings is 1. The van der Waals surface area contributed by atoms with Crippen LogP contribution in [0.25, 0.3) is 10.9 Å². The normalized spacial score (nSPS) is 21.8. The van der Waals surface area contributed by atoms with Gasteiger partial charge in [0.2, 0.25) is 0 Å². The van der Waals surface area contributed by atoms with Gasteiger partial charge < -0.3 is 10.2 Å². The van der Waals surface area contributed by atoms with E-state index in [0.29, 0.717) is 5.54 Å². The number of anilines is 1. The maximum atomic E-state index is 4.51. The summed E-state index contributed by atoms with van der Waals surface area (Å²) >= 11 is 0. The topological polar surface area (TPSA) is 28.2 Å². The van der Waals surface area contributed by atoms with Gasteiger partial charge in [0.15, 0.2) is 0 Å². The molecule has 0 amide bonds. The molecule has 1 aliphatic heterocycles. The van der Waals surface area contributed by atoms with E-state index in [0.717, 1.165) is 25.2 Å². The van der Waals surface area contributed by atoms with Crippen LogP contribution in [0.5, 0.6) is 0 Å². The lowest BCUT2D eigenvalue weighted by Gasteiger charge is -2.35. The van der Waals surface area contributed by atoms with Crippen LogP contribution in [0.1, 0.15) is 32.1 Å². The zero-order valence-electron chi connectivity index (χ0n) is 12.5. The summed E-state index contributed by atoms with van der Waals surface area (Å²) in [6.07, 6.45) is 8.50. The number of nitrogens with zero attached hydrogens (tertiary/aromatic N) is 2. The highest BCUT2D eigenvalue weighted by Gasteiger charge is 2.36. The maximum Gasteiger partial charge on any atom is 0.0722 e. The summed E-state index contributed by atoms with van der Waals surface area (Å²) in [5, 5.41) is 5.13. The van der Waals surface area contributed by atoms with Gasteiger partial charge in [-0.2, -0.15) is 0 Å². The largest absolute Gasteiger partial charge is 0.369 e. The number of hydrogen-bond acceptors (Lipinski definition) is 3. The van der Waals surface area contributed by atoms with Gasteiger partial charge in [-0.05, 0) is 50.1 Å². The summed E-state index contributed by atoms with van der Waals surface area (Å²) in [5.41, 5.74) is 2.81. The van der Waals surface area contributed by atoms with Crippen molar-refractivity contribution in [3.8, 4) is 0 Å². The van der Waals surface area contributed by atoms with Gasteiger partial charge in [-0.1, -0.05) is 18.9 Å². The zero-order chi connectivity index (χ0) is 14.1. The summed E-state index contributed by atoms with van der Waals surface area (Å²) in [7, 11) is 0. The number of pyridine rings is 1. The third-order valence-electron chi connectivity index (χ3n) is 5.12. The molecule has 0 radical (unpaired) electrons. The molecule has 0 atom stereocenters. The molecule has 21 heavy (non-hydrogen) atoms. The molecule has 1 N–H and O–H groups in total. The van der Waals surface area contributed by atoms with Crippen molar-refractivity contribution >= 4 is 16.6 Å². The van der Waals surface area contributed by atoms with Crippen molar-refractivity contribution in [1.82, 2.24) is 10.3 Å². The molecule has 4 rings (SSSR count). The van der Waals surface area contributed by atoms with Gasteiger partial charge in [0.1, 0.15) is 0 Å². The summed E-state index contributed by atoms with van der Waals surface area (Å²) in [6.45, 7) is 3.43. The molecule has 1 saturated carbocycles.